The molecule has 2 amide bonds. The summed E-state index contributed by atoms with van der Waals surface area (Å²) in [5, 5.41) is 0.147. The number of aliphatic imine (C=N–C) groups is 1. The van der Waals surface area contributed by atoms with E-state index in [1.165, 1.54) is 23.2 Å². The highest BCUT2D eigenvalue weighted by atomic mass is 35.5. The fraction of sp³-hybridized carbons (Fsp3) is 0.231. The number of hydrogen-bond donors (Lipinski definition) is 1. The second kappa shape index (κ2) is 10.6. The first-order valence-electron chi connectivity index (χ1n) is 11.4. The number of fused-ring (bicyclic) bond motifs is 1. The number of hydrogen-bond acceptors (Lipinski definition) is 6. The third-order valence-corrected chi connectivity index (χ3v) is 7.51. The third kappa shape index (κ3) is 5.32. The summed E-state index contributed by atoms with van der Waals surface area (Å²) in [5.74, 6) is -1.41. The highest BCUT2D eigenvalue weighted by molar-refractivity contribution is 7.90. The Bertz CT molecular complexity index is 1410. The van der Waals surface area contributed by atoms with E-state index in [0.717, 1.165) is 5.56 Å². The van der Waals surface area contributed by atoms with Crippen LogP contribution in [0, 0.1) is 5.92 Å². The number of rotatable bonds is 7. The van der Waals surface area contributed by atoms with Crippen LogP contribution < -0.4 is 9.62 Å². The Morgan fingerprint density at radius 1 is 1.11 bits per heavy atom. The molecule has 0 saturated carbocycles. The highest BCUT2D eigenvalue weighted by Crippen LogP contribution is 2.33. The van der Waals surface area contributed by atoms with E-state index in [0.29, 0.717) is 28.4 Å². The van der Waals surface area contributed by atoms with Gasteiger partial charge in [0.2, 0.25) is 0 Å². The Kier molecular flexibility index (Phi) is 7.51. The lowest BCUT2D eigenvalue weighted by Gasteiger charge is -2.26. The fourth-order valence-corrected chi connectivity index (χ4v) is 5.04. The van der Waals surface area contributed by atoms with Crippen molar-refractivity contribution in [3.05, 3.63) is 89.1 Å². The largest absolute Gasteiger partial charge is 0.300 e. The van der Waals surface area contributed by atoms with Gasteiger partial charge in [0.05, 0.1) is 11.4 Å². The second-order valence-corrected chi connectivity index (χ2v) is 10.5. The molecule has 0 spiro atoms. The molecule has 2 aromatic carbocycles. The van der Waals surface area contributed by atoms with E-state index in [2.05, 4.69) is 4.98 Å². The number of sulfonamides is 1. The van der Waals surface area contributed by atoms with E-state index in [9.17, 15) is 18.0 Å². The van der Waals surface area contributed by atoms with E-state index >= 15 is 0 Å². The summed E-state index contributed by atoms with van der Waals surface area (Å²) >= 11 is 6.33. The average Bonchev–Trinajstić information content (AvgIpc) is 2.99. The van der Waals surface area contributed by atoms with Gasteiger partial charge in [0.15, 0.2) is 5.03 Å². The maximum absolute atomic E-state index is 13.8. The summed E-state index contributed by atoms with van der Waals surface area (Å²) in [7, 11) is -4.21. The molecule has 0 radical (unpaired) electrons. The Morgan fingerprint density at radius 3 is 2.50 bits per heavy atom. The molecule has 2 atom stereocenters. The van der Waals surface area contributed by atoms with Crippen molar-refractivity contribution >= 4 is 44.8 Å². The van der Waals surface area contributed by atoms with E-state index in [1.54, 1.807) is 24.3 Å². The number of pyridine rings is 1. The van der Waals surface area contributed by atoms with Crippen LogP contribution in [-0.2, 0) is 19.6 Å². The monoisotopic (exact) mass is 524 g/mol. The Morgan fingerprint density at radius 2 is 1.83 bits per heavy atom. The number of anilines is 1. The molecule has 1 aliphatic heterocycles. The molecule has 2 heterocycles. The summed E-state index contributed by atoms with van der Waals surface area (Å²) in [6.07, 6.45) is 1.99. The van der Waals surface area contributed by atoms with Crippen LogP contribution in [0.25, 0.3) is 0 Å². The minimum Gasteiger partial charge on any atom is -0.300 e. The normalized spacial score (nSPS) is 16.5. The predicted molar refractivity (Wildman–Crippen MR) is 139 cm³/mol. The summed E-state index contributed by atoms with van der Waals surface area (Å²) < 4.78 is 27.3. The lowest BCUT2D eigenvalue weighted by Crippen LogP contribution is -2.47. The molecule has 8 nitrogen and oxygen atoms in total. The van der Waals surface area contributed by atoms with Crippen molar-refractivity contribution < 1.29 is 18.0 Å². The number of carbonyl (C=O) groups is 2. The van der Waals surface area contributed by atoms with Gasteiger partial charge in [0.25, 0.3) is 21.8 Å². The Hall–Kier alpha value is -3.56. The zero-order valence-electron chi connectivity index (χ0n) is 19.8. The second-order valence-electron chi connectivity index (χ2n) is 8.46. The zero-order chi connectivity index (χ0) is 25.9. The molecule has 4 rings (SSSR count). The van der Waals surface area contributed by atoms with Crippen LogP contribution in [0.1, 0.15) is 31.4 Å². The van der Waals surface area contributed by atoms with Crippen molar-refractivity contribution in [1.82, 2.24) is 9.71 Å². The molecule has 10 heteroatoms. The van der Waals surface area contributed by atoms with Crippen molar-refractivity contribution in [3.8, 4) is 0 Å². The molecule has 1 aromatic heterocycles. The Balaban J connectivity index is 1.77. The highest BCUT2D eigenvalue weighted by Gasteiger charge is 2.36. The van der Waals surface area contributed by atoms with Crippen LogP contribution in [0.5, 0.6) is 0 Å². The van der Waals surface area contributed by atoms with Gasteiger partial charge in [-0.3, -0.25) is 14.6 Å². The van der Waals surface area contributed by atoms with Crippen molar-refractivity contribution in [2.45, 2.75) is 31.3 Å². The van der Waals surface area contributed by atoms with E-state index in [-0.39, 0.29) is 10.9 Å². The van der Waals surface area contributed by atoms with Gasteiger partial charge in [-0.15, -0.1) is 0 Å². The van der Waals surface area contributed by atoms with Gasteiger partial charge in [-0.1, -0.05) is 68.3 Å². The molecular formula is C26H25ClN4O4S. The maximum atomic E-state index is 13.8. The van der Waals surface area contributed by atoms with Gasteiger partial charge in [-0.2, -0.15) is 8.42 Å². The molecule has 0 saturated heterocycles. The van der Waals surface area contributed by atoms with Crippen LogP contribution in [0.2, 0.25) is 5.02 Å². The minimum absolute atomic E-state index is 0.135. The van der Waals surface area contributed by atoms with Crippen molar-refractivity contribution in [1.29, 1.82) is 0 Å². The van der Waals surface area contributed by atoms with E-state index < -0.39 is 34.4 Å². The number of nitrogens with one attached hydrogen (secondary N) is 1. The van der Waals surface area contributed by atoms with Crippen molar-refractivity contribution in [2.24, 2.45) is 10.9 Å². The Labute approximate surface area is 215 Å². The summed E-state index contributed by atoms with van der Waals surface area (Å²) in [5.41, 5.74) is 2.37. The molecule has 0 aliphatic carbocycles. The topological polar surface area (TPSA) is 109 Å². The van der Waals surface area contributed by atoms with Crippen LogP contribution >= 0.6 is 11.6 Å². The first-order chi connectivity index (χ1) is 17.2. The van der Waals surface area contributed by atoms with Gasteiger partial charge in [0.1, 0.15) is 12.6 Å². The first kappa shape index (κ1) is 25.5. The molecule has 36 heavy (non-hydrogen) atoms. The average molecular weight is 525 g/mol. The van der Waals surface area contributed by atoms with E-state index in [1.807, 2.05) is 48.9 Å². The molecule has 1 aliphatic rings. The lowest BCUT2D eigenvalue weighted by molar-refractivity contribution is -0.124. The number of benzodiazepines with no additional fused rings is 1. The van der Waals surface area contributed by atoms with E-state index in [4.69, 9.17) is 16.6 Å². The summed E-state index contributed by atoms with van der Waals surface area (Å²) in [6, 6.07) is 18.0. The number of benzene rings is 2. The third-order valence-electron chi connectivity index (χ3n) is 5.98. The molecule has 0 fully saturated rings. The van der Waals surface area contributed by atoms with Gasteiger partial charge in [-0.05, 0) is 36.2 Å². The van der Waals surface area contributed by atoms with Crippen LogP contribution in [-0.4, -0.2) is 43.5 Å². The zero-order valence-corrected chi connectivity index (χ0v) is 21.3. The SMILES string of the molecule is CCC(C)[C@@H]1N=C(c2ccccc2)c2cc(Cl)ccc2N(CC(=O)NS(=O)(=O)c2ccccn2)C1=O. The van der Waals surface area contributed by atoms with Gasteiger partial charge >= 0.3 is 0 Å². The van der Waals surface area contributed by atoms with Crippen LogP contribution in [0.3, 0.4) is 0 Å². The number of carbonyl (C=O) groups excluding carboxylic acids is 2. The van der Waals surface area contributed by atoms with Gasteiger partial charge in [-0.25, -0.2) is 9.71 Å². The number of amides is 2. The molecule has 3 aromatic rings. The fourth-order valence-electron chi connectivity index (χ4n) is 3.94. The minimum atomic E-state index is -4.21. The summed E-state index contributed by atoms with van der Waals surface area (Å²) in [6.45, 7) is 3.35. The van der Waals surface area contributed by atoms with Crippen molar-refractivity contribution in [2.75, 3.05) is 11.4 Å². The summed E-state index contributed by atoms with van der Waals surface area (Å²) in [4.78, 5) is 36.7. The molecule has 1 N–H and O–H groups in total. The number of halogens is 1. The number of nitrogens with zero attached hydrogens (tertiary/aromatic N) is 3. The molecule has 186 valence electrons. The standard InChI is InChI=1S/C26H25ClN4O4S/c1-3-17(2)24-26(33)31(16-22(32)30-36(34,35)23-11-7-8-14-28-23)21-13-12-19(27)15-20(21)25(29-24)18-9-5-4-6-10-18/h4-15,17,24H,3,16H2,1-2H3,(H,30,32)/t17?,24-/m0/s1. The van der Waals surface area contributed by atoms with Crippen LogP contribution in [0.4, 0.5) is 5.69 Å². The first-order valence-corrected chi connectivity index (χ1v) is 13.3. The predicted octanol–water partition coefficient (Wildman–Crippen LogP) is 3.84. The van der Waals surface area contributed by atoms with Gasteiger partial charge in [0, 0.05) is 22.3 Å². The smallest absolute Gasteiger partial charge is 0.281 e. The lowest BCUT2D eigenvalue weighted by atomic mass is 9.98. The quantitative estimate of drug-likeness (QED) is 0.505. The number of aromatic nitrogens is 1. The maximum Gasteiger partial charge on any atom is 0.281 e. The van der Waals surface area contributed by atoms with Crippen LogP contribution in [0.15, 0.2) is 82.9 Å². The van der Waals surface area contributed by atoms with Gasteiger partial charge < -0.3 is 4.90 Å². The molecular weight excluding hydrogens is 500 g/mol. The molecule has 0 bridgehead atoms. The van der Waals surface area contributed by atoms with Crippen molar-refractivity contribution in [3.63, 3.8) is 0 Å². The molecule has 1 unspecified atom stereocenters.